The van der Waals surface area contributed by atoms with E-state index in [2.05, 4.69) is 9.97 Å². The summed E-state index contributed by atoms with van der Waals surface area (Å²) in [5.41, 5.74) is -0.481. The first kappa shape index (κ1) is 8.64. The molecule has 2 aliphatic rings. The van der Waals surface area contributed by atoms with Crippen LogP contribution in [0.3, 0.4) is 0 Å². The number of piperidine rings is 1. The molecular weight excluding hydrogens is 194 g/mol. The second kappa shape index (κ2) is 2.68. The molecule has 1 aliphatic carbocycles. The van der Waals surface area contributed by atoms with Crippen LogP contribution in [0.15, 0.2) is 18.6 Å². The molecule has 0 aromatic carbocycles. The largest absolute Gasteiger partial charge is 0.481 e. The van der Waals surface area contributed by atoms with E-state index in [4.69, 9.17) is 5.11 Å². The average molecular weight is 205 g/mol. The summed E-state index contributed by atoms with van der Waals surface area (Å²) in [5, 5.41) is 9.12. The van der Waals surface area contributed by atoms with Gasteiger partial charge in [-0.3, -0.25) is 4.79 Å². The molecule has 3 rings (SSSR count). The van der Waals surface area contributed by atoms with Crippen molar-refractivity contribution in [2.75, 3.05) is 18.0 Å². The number of rotatable bonds is 2. The number of hydrogen-bond acceptors (Lipinski definition) is 4. The lowest BCUT2D eigenvalue weighted by molar-refractivity contribution is -0.142. The Morgan fingerprint density at radius 2 is 2.53 bits per heavy atom. The number of nitrogens with zero attached hydrogens (tertiary/aromatic N) is 3. The van der Waals surface area contributed by atoms with Gasteiger partial charge >= 0.3 is 5.97 Å². The van der Waals surface area contributed by atoms with E-state index in [1.54, 1.807) is 6.20 Å². The summed E-state index contributed by atoms with van der Waals surface area (Å²) in [7, 11) is 0. The molecule has 1 saturated carbocycles. The fraction of sp³-hybridized carbons (Fsp3) is 0.500. The molecule has 1 N–H and O–H groups in total. The van der Waals surface area contributed by atoms with Crippen LogP contribution in [0.2, 0.25) is 0 Å². The number of fused-ring (bicyclic) bond motifs is 1. The van der Waals surface area contributed by atoms with Crippen molar-refractivity contribution in [3.05, 3.63) is 18.6 Å². The molecule has 1 aromatic heterocycles. The van der Waals surface area contributed by atoms with Crippen molar-refractivity contribution in [1.29, 1.82) is 0 Å². The Hall–Kier alpha value is -1.65. The van der Waals surface area contributed by atoms with Gasteiger partial charge in [-0.2, -0.15) is 0 Å². The van der Waals surface area contributed by atoms with Crippen molar-refractivity contribution in [2.24, 2.45) is 11.3 Å². The van der Waals surface area contributed by atoms with E-state index >= 15 is 0 Å². The highest BCUT2D eigenvalue weighted by molar-refractivity contribution is 5.81. The molecule has 78 valence electrons. The van der Waals surface area contributed by atoms with Crippen LogP contribution >= 0.6 is 0 Å². The molecule has 0 spiro atoms. The maximum atomic E-state index is 11.1. The fourth-order valence-corrected chi connectivity index (χ4v) is 2.46. The van der Waals surface area contributed by atoms with Crippen LogP contribution in [-0.2, 0) is 4.79 Å². The van der Waals surface area contributed by atoms with Crippen molar-refractivity contribution in [2.45, 2.75) is 6.42 Å². The Kier molecular flexibility index (Phi) is 1.55. The van der Waals surface area contributed by atoms with Gasteiger partial charge in [0.25, 0.3) is 0 Å². The smallest absolute Gasteiger partial charge is 0.311 e. The molecule has 0 amide bonds. The number of hydrogen-bond donors (Lipinski definition) is 1. The highest BCUT2D eigenvalue weighted by Gasteiger charge is 2.65. The summed E-state index contributed by atoms with van der Waals surface area (Å²) in [6.45, 7) is 1.40. The van der Waals surface area contributed by atoms with E-state index in [0.29, 0.717) is 12.5 Å². The summed E-state index contributed by atoms with van der Waals surface area (Å²) in [5.74, 6) is 0.479. The zero-order chi connectivity index (χ0) is 10.5. The van der Waals surface area contributed by atoms with E-state index in [1.165, 1.54) is 6.33 Å². The van der Waals surface area contributed by atoms with Crippen LogP contribution in [0.4, 0.5) is 5.82 Å². The zero-order valence-corrected chi connectivity index (χ0v) is 8.13. The molecule has 1 aromatic rings. The van der Waals surface area contributed by atoms with Crippen LogP contribution in [0.5, 0.6) is 0 Å². The van der Waals surface area contributed by atoms with Crippen LogP contribution in [0.25, 0.3) is 0 Å². The van der Waals surface area contributed by atoms with Crippen LogP contribution in [0, 0.1) is 11.3 Å². The van der Waals surface area contributed by atoms with Gasteiger partial charge < -0.3 is 10.0 Å². The first-order valence-electron chi connectivity index (χ1n) is 4.97. The third-order valence-corrected chi connectivity index (χ3v) is 3.46. The number of aliphatic carboxylic acids is 1. The molecule has 2 atom stereocenters. The van der Waals surface area contributed by atoms with Crippen molar-refractivity contribution in [1.82, 2.24) is 9.97 Å². The molecule has 5 nitrogen and oxygen atoms in total. The Bertz CT molecular complexity index is 408. The summed E-state index contributed by atoms with van der Waals surface area (Å²) in [4.78, 5) is 21.1. The highest BCUT2D eigenvalue weighted by atomic mass is 16.4. The van der Waals surface area contributed by atoms with E-state index in [0.717, 1.165) is 18.8 Å². The minimum Gasteiger partial charge on any atom is -0.481 e. The van der Waals surface area contributed by atoms with E-state index in [-0.39, 0.29) is 0 Å². The lowest BCUT2D eigenvalue weighted by Crippen LogP contribution is -2.28. The molecule has 15 heavy (non-hydrogen) atoms. The van der Waals surface area contributed by atoms with Gasteiger partial charge in [-0.25, -0.2) is 9.97 Å². The molecule has 2 heterocycles. The fourth-order valence-electron chi connectivity index (χ4n) is 2.46. The molecule has 1 aliphatic heterocycles. The quantitative estimate of drug-likeness (QED) is 0.756. The van der Waals surface area contributed by atoms with E-state index in [9.17, 15) is 4.79 Å². The lowest BCUT2D eigenvalue weighted by atomic mass is 10.1. The lowest BCUT2D eigenvalue weighted by Gasteiger charge is -2.19. The van der Waals surface area contributed by atoms with Gasteiger partial charge in [0.1, 0.15) is 12.1 Å². The Morgan fingerprint density at radius 3 is 3.13 bits per heavy atom. The van der Waals surface area contributed by atoms with Crippen molar-refractivity contribution >= 4 is 11.8 Å². The van der Waals surface area contributed by atoms with Crippen molar-refractivity contribution < 1.29 is 9.90 Å². The van der Waals surface area contributed by atoms with Crippen LogP contribution < -0.4 is 4.90 Å². The zero-order valence-electron chi connectivity index (χ0n) is 8.13. The number of carboxylic acids is 1. The molecular formula is C10H11N3O2. The van der Waals surface area contributed by atoms with Gasteiger partial charge in [0.2, 0.25) is 0 Å². The molecule has 1 saturated heterocycles. The normalized spacial score (nSPS) is 32.5. The van der Waals surface area contributed by atoms with Gasteiger partial charge in [0.15, 0.2) is 0 Å². The average Bonchev–Trinajstić information content (AvgIpc) is 2.84. The standard InChI is InChI=1S/C10H11N3O2/c14-9(15)10-3-7(10)4-13(5-10)8-1-2-11-6-12-8/h1-2,6-7H,3-5H2,(H,14,15). The van der Waals surface area contributed by atoms with Crippen molar-refractivity contribution in [3.8, 4) is 0 Å². The third kappa shape index (κ3) is 1.12. The minimum atomic E-state index is -0.663. The SMILES string of the molecule is O=C(O)C12CC1CN(c1ccncn1)C2. The number of carbonyl (C=O) groups is 1. The molecule has 2 fully saturated rings. The number of carboxylic acid groups (broad SMARTS) is 1. The topological polar surface area (TPSA) is 66.3 Å². The number of anilines is 1. The maximum absolute atomic E-state index is 11.1. The monoisotopic (exact) mass is 205 g/mol. The third-order valence-electron chi connectivity index (χ3n) is 3.46. The van der Waals surface area contributed by atoms with Gasteiger partial charge in [0, 0.05) is 19.3 Å². The Morgan fingerprint density at radius 1 is 1.67 bits per heavy atom. The minimum absolute atomic E-state index is 0.310. The van der Waals surface area contributed by atoms with Gasteiger partial charge in [-0.1, -0.05) is 0 Å². The summed E-state index contributed by atoms with van der Waals surface area (Å²) < 4.78 is 0. The second-order valence-corrected chi connectivity index (χ2v) is 4.31. The summed E-state index contributed by atoms with van der Waals surface area (Å²) in [6, 6.07) is 1.82. The predicted molar refractivity (Wildman–Crippen MR) is 52.4 cm³/mol. The number of aromatic nitrogens is 2. The van der Waals surface area contributed by atoms with E-state index < -0.39 is 11.4 Å². The van der Waals surface area contributed by atoms with Gasteiger partial charge in [-0.15, -0.1) is 0 Å². The Labute approximate surface area is 86.8 Å². The first-order chi connectivity index (χ1) is 7.22. The Balaban J connectivity index is 1.82. The van der Waals surface area contributed by atoms with Crippen LogP contribution in [0.1, 0.15) is 6.42 Å². The van der Waals surface area contributed by atoms with Crippen molar-refractivity contribution in [3.63, 3.8) is 0 Å². The summed E-state index contributed by atoms with van der Waals surface area (Å²) in [6.07, 6.45) is 4.00. The summed E-state index contributed by atoms with van der Waals surface area (Å²) >= 11 is 0. The van der Waals surface area contributed by atoms with E-state index in [1.807, 2.05) is 11.0 Å². The molecule has 0 bridgehead atoms. The van der Waals surface area contributed by atoms with Gasteiger partial charge in [-0.05, 0) is 18.4 Å². The van der Waals surface area contributed by atoms with Gasteiger partial charge in [0.05, 0.1) is 5.41 Å². The highest BCUT2D eigenvalue weighted by Crippen LogP contribution is 2.58. The predicted octanol–water partition coefficient (Wildman–Crippen LogP) is 0.387. The van der Waals surface area contributed by atoms with Crippen LogP contribution in [-0.4, -0.2) is 34.1 Å². The first-order valence-corrected chi connectivity index (χ1v) is 4.97. The molecule has 5 heteroatoms. The molecule has 2 unspecified atom stereocenters. The molecule has 0 radical (unpaired) electrons. The second-order valence-electron chi connectivity index (χ2n) is 4.31. The maximum Gasteiger partial charge on any atom is 0.311 e.